The fourth-order valence-electron chi connectivity index (χ4n) is 1.30. The number of nitrogens with zero attached hydrogens (tertiary/aromatic N) is 1. The normalized spacial score (nSPS) is 12.8. The van der Waals surface area contributed by atoms with Crippen LogP contribution in [-0.2, 0) is 0 Å². The number of quaternary nitrogens is 1. The molecule has 0 N–H and O–H groups in total. The van der Waals surface area contributed by atoms with Crippen molar-refractivity contribution in [1.82, 2.24) is 0 Å². The molecular weight excluding hydrogens is 122 g/mol. The van der Waals surface area contributed by atoms with E-state index in [0.29, 0.717) is 0 Å². The molecule has 1 heteroatoms. The topological polar surface area (TPSA) is 0 Å². The minimum atomic E-state index is 1.12. The van der Waals surface area contributed by atoms with Gasteiger partial charge in [-0.2, -0.15) is 0 Å². The number of allylic oxidation sites excluding steroid dienone is 1. The molecule has 0 saturated heterocycles. The van der Waals surface area contributed by atoms with Crippen LogP contribution < -0.4 is 0 Å². The van der Waals surface area contributed by atoms with Crippen LogP contribution in [0.1, 0.15) is 27.7 Å². The summed E-state index contributed by atoms with van der Waals surface area (Å²) in [6, 6.07) is 0. The van der Waals surface area contributed by atoms with Crippen molar-refractivity contribution in [3.05, 3.63) is 12.3 Å². The predicted octanol–water partition coefficient (Wildman–Crippen LogP) is 2.40. The molecule has 0 aromatic carbocycles. The van der Waals surface area contributed by atoms with Crippen LogP contribution in [0, 0.1) is 0 Å². The van der Waals surface area contributed by atoms with Crippen LogP contribution in [0.4, 0.5) is 0 Å². The number of rotatable bonds is 4. The molecule has 60 valence electrons. The first-order valence-electron chi connectivity index (χ1n) is 4.24. The Morgan fingerprint density at radius 2 is 1.40 bits per heavy atom. The quantitative estimate of drug-likeness (QED) is 0.529. The Hall–Kier alpha value is -0.300. The lowest BCUT2D eigenvalue weighted by atomic mass is 10.3. The van der Waals surface area contributed by atoms with Gasteiger partial charge in [-0.15, -0.1) is 0 Å². The van der Waals surface area contributed by atoms with Crippen molar-refractivity contribution in [3.63, 3.8) is 0 Å². The molecule has 0 spiro atoms. The minimum absolute atomic E-state index is 1.12. The fourth-order valence-corrected chi connectivity index (χ4v) is 1.30. The lowest BCUT2D eigenvalue weighted by molar-refractivity contribution is -0.874. The number of hydrogen-bond donors (Lipinski definition) is 0. The zero-order chi connectivity index (χ0) is 8.04. The Bertz CT molecular complexity index is 93.0. The van der Waals surface area contributed by atoms with E-state index in [9.17, 15) is 0 Å². The maximum atomic E-state index is 2.29. The average molecular weight is 142 g/mol. The Morgan fingerprint density at radius 1 is 1.00 bits per heavy atom. The van der Waals surface area contributed by atoms with Gasteiger partial charge in [0.2, 0.25) is 0 Å². The van der Waals surface area contributed by atoms with Crippen molar-refractivity contribution in [2.75, 3.05) is 19.6 Å². The van der Waals surface area contributed by atoms with Crippen LogP contribution in [-0.4, -0.2) is 24.1 Å². The Balaban J connectivity index is 4.15. The Morgan fingerprint density at radius 3 is 1.50 bits per heavy atom. The molecule has 0 unspecified atom stereocenters. The summed E-state index contributed by atoms with van der Waals surface area (Å²) < 4.78 is 1.12. The van der Waals surface area contributed by atoms with Crippen molar-refractivity contribution in [2.24, 2.45) is 0 Å². The second kappa shape index (κ2) is 4.51. The zero-order valence-electron chi connectivity index (χ0n) is 7.72. The summed E-state index contributed by atoms with van der Waals surface area (Å²) >= 11 is 0. The number of hydrogen-bond acceptors (Lipinski definition) is 0. The van der Waals surface area contributed by atoms with E-state index in [0.717, 1.165) is 4.48 Å². The molecule has 0 aromatic rings. The van der Waals surface area contributed by atoms with E-state index >= 15 is 0 Å². The lowest BCUT2D eigenvalue weighted by Crippen LogP contribution is -2.41. The molecule has 0 saturated carbocycles. The summed E-state index contributed by atoms with van der Waals surface area (Å²) in [7, 11) is 0. The van der Waals surface area contributed by atoms with E-state index in [4.69, 9.17) is 0 Å². The first kappa shape index (κ1) is 9.70. The van der Waals surface area contributed by atoms with Gasteiger partial charge in [-0.1, -0.05) is 0 Å². The van der Waals surface area contributed by atoms with E-state index in [1.807, 2.05) is 0 Å². The molecule has 0 radical (unpaired) electrons. The lowest BCUT2D eigenvalue weighted by Gasteiger charge is -2.31. The van der Waals surface area contributed by atoms with E-state index in [-0.39, 0.29) is 0 Å². The van der Waals surface area contributed by atoms with E-state index in [2.05, 4.69) is 40.0 Å². The highest BCUT2D eigenvalue weighted by molar-refractivity contribution is 4.67. The maximum Gasteiger partial charge on any atom is 0.0915 e. The van der Waals surface area contributed by atoms with Crippen LogP contribution in [0.2, 0.25) is 0 Å². The third kappa shape index (κ3) is 2.14. The molecule has 0 heterocycles. The molecule has 10 heavy (non-hydrogen) atoms. The molecule has 0 bridgehead atoms. The van der Waals surface area contributed by atoms with Crippen LogP contribution in [0.15, 0.2) is 12.3 Å². The van der Waals surface area contributed by atoms with Gasteiger partial charge in [0.1, 0.15) is 0 Å². The molecule has 0 atom stereocenters. The Kier molecular flexibility index (Phi) is 4.37. The fraction of sp³-hybridized carbons (Fsp3) is 0.778. The van der Waals surface area contributed by atoms with E-state index in [1.54, 1.807) is 0 Å². The molecule has 0 aromatic heterocycles. The third-order valence-electron chi connectivity index (χ3n) is 2.35. The zero-order valence-corrected chi connectivity index (χ0v) is 7.72. The standard InChI is InChI=1S/C9H20N/c1-5-9-10(6-2,7-3)8-4/h5,9H,6-8H2,1-4H3/q+1. The smallest absolute Gasteiger partial charge is 0.0915 e. The van der Waals surface area contributed by atoms with Gasteiger partial charge in [-0.3, -0.25) is 4.48 Å². The van der Waals surface area contributed by atoms with Gasteiger partial charge in [-0.05, 0) is 33.8 Å². The van der Waals surface area contributed by atoms with Crippen molar-refractivity contribution in [2.45, 2.75) is 27.7 Å². The van der Waals surface area contributed by atoms with Crippen LogP contribution in [0.25, 0.3) is 0 Å². The molecule has 0 aliphatic carbocycles. The molecule has 0 aliphatic heterocycles. The van der Waals surface area contributed by atoms with E-state index < -0.39 is 0 Å². The highest BCUT2D eigenvalue weighted by atomic mass is 15.3. The maximum absolute atomic E-state index is 2.29. The predicted molar refractivity (Wildman–Crippen MR) is 46.7 cm³/mol. The van der Waals surface area contributed by atoms with Crippen molar-refractivity contribution in [3.8, 4) is 0 Å². The summed E-state index contributed by atoms with van der Waals surface area (Å²) in [6.45, 7) is 12.4. The molecular formula is C9H20N+. The minimum Gasteiger partial charge on any atom is -0.298 e. The molecule has 0 amide bonds. The van der Waals surface area contributed by atoms with Gasteiger partial charge in [0.25, 0.3) is 0 Å². The SMILES string of the molecule is CC=C[N+](CC)(CC)CC. The van der Waals surface area contributed by atoms with Gasteiger partial charge in [0.05, 0.1) is 25.8 Å². The molecule has 0 fully saturated rings. The first-order chi connectivity index (χ1) is 4.74. The van der Waals surface area contributed by atoms with E-state index in [1.165, 1.54) is 19.6 Å². The highest BCUT2D eigenvalue weighted by Gasteiger charge is 2.15. The summed E-state index contributed by atoms with van der Waals surface area (Å²) in [5.41, 5.74) is 0. The van der Waals surface area contributed by atoms with Crippen LogP contribution in [0.3, 0.4) is 0 Å². The second-order valence-electron chi connectivity index (χ2n) is 2.65. The average Bonchev–Trinajstić information content (AvgIpc) is 2.01. The molecule has 0 rings (SSSR count). The summed E-state index contributed by atoms with van der Waals surface area (Å²) in [4.78, 5) is 0. The highest BCUT2D eigenvalue weighted by Crippen LogP contribution is 2.05. The van der Waals surface area contributed by atoms with Gasteiger partial charge in [-0.25, -0.2) is 0 Å². The molecule has 0 aliphatic rings. The van der Waals surface area contributed by atoms with Gasteiger partial charge >= 0.3 is 0 Å². The van der Waals surface area contributed by atoms with Gasteiger partial charge in [0.15, 0.2) is 0 Å². The second-order valence-corrected chi connectivity index (χ2v) is 2.65. The largest absolute Gasteiger partial charge is 0.298 e. The molecule has 1 nitrogen and oxygen atoms in total. The summed E-state index contributed by atoms with van der Waals surface area (Å²) in [5.74, 6) is 0. The van der Waals surface area contributed by atoms with Gasteiger partial charge < -0.3 is 0 Å². The summed E-state index contributed by atoms with van der Waals surface area (Å²) in [6.07, 6.45) is 4.44. The van der Waals surface area contributed by atoms with Crippen LogP contribution in [0.5, 0.6) is 0 Å². The Labute approximate surface area is 64.9 Å². The monoisotopic (exact) mass is 142 g/mol. The first-order valence-corrected chi connectivity index (χ1v) is 4.24. The van der Waals surface area contributed by atoms with Crippen molar-refractivity contribution in [1.29, 1.82) is 0 Å². The van der Waals surface area contributed by atoms with Crippen molar-refractivity contribution < 1.29 is 4.48 Å². The summed E-state index contributed by atoms with van der Waals surface area (Å²) in [5, 5.41) is 0. The third-order valence-corrected chi connectivity index (χ3v) is 2.35. The van der Waals surface area contributed by atoms with Crippen molar-refractivity contribution >= 4 is 0 Å². The van der Waals surface area contributed by atoms with Gasteiger partial charge in [0, 0.05) is 0 Å². The van der Waals surface area contributed by atoms with Crippen LogP contribution >= 0.6 is 0 Å².